The number of allylic oxidation sites excluding steroid dienone is 1. The molecule has 1 saturated carbocycles. The number of amides is 1. The molecule has 2 aromatic heterocycles. The number of methoxy groups -OCH3 is 1. The number of alkyl carbamates (subject to hydrolysis) is 1. The summed E-state index contributed by atoms with van der Waals surface area (Å²) in [7, 11) is 1.38. The number of ether oxygens (including phenoxy) is 5. The van der Waals surface area contributed by atoms with E-state index in [1.807, 2.05) is 63.2 Å². The van der Waals surface area contributed by atoms with E-state index in [1.54, 1.807) is 33.2 Å². The number of nitrogens with one attached hydrogen (secondary N) is 2. The fourth-order valence-electron chi connectivity index (χ4n) is 6.11. The largest absolute Gasteiger partial charge is 0.487 e. The van der Waals surface area contributed by atoms with Gasteiger partial charge in [-0.15, -0.1) is 0 Å². The second kappa shape index (κ2) is 16.8. The quantitative estimate of drug-likeness (QED) is 0.106. The summed E-state index contributed by atoms with van der Waals surface area (Å²) in [6, 6.07) is 10.5. The number of benzene rings is 1. The summed E-state index contributed by atoms with van der Waals surface area (Å²) in [6.07, 6.45) is 10.1. The summed E-state index contributed by atoms with van der Waals surface area (Å²) in [6.45, 7) is 11.8. The second-order valence-corrected chi connectivity index (χ2v) is 15.5. The van der Waals surface area contributed by atoms with Gasteiger partial charge in [0.15, 0.2) is 0 Å². The fourth-order valence-corrected chi connectivity index (χ4v) is 6.11. The summed E-state index contributed by atoms with van der Waals surface area (Å²) >= 11 is 0. The second-order valence-electron chi connectivity index (χ2n) is 15.5. The maximum Gasteiger partial charge on any atom is 0.408 e. The van der Waals surface area contributed by atoms with Crippen molar-refractivity contribution >= 4 is 35.0 Å². The Hall–Kier alpha value is -4.71. The third-order valence-corrected chi connectivity index (χ3v) is 8.94. The zero-order valence-corrected chi connectivity index (χ0v) is 31.3. The van der Waals surface area contributed by atoms with Crippen LogP contribution in [0.1, 0.15) is 84.8 Å². The van der Waals surface area contributed by atoms with E-state index in [0.29, 0.717) is 42.3 Å². The van der Waals surface area contributed by atoms with Crippen LogP contribution in [0, 0.1) is 11.3 Å². The van der Waals surface area contributed by atoms with Crippen molar-refractivity contribution in [1.82, 2.24) is 20.6 Å². The van der Waals surface area contributed by atoms with Gasteiger partial charge in [-0.2, -0.15) is 0 Å². The summed E-state index contributed by atoms with van der Waals surface area (Å²) in [5, 5.41) is 6.67. The van der Waals surface area contributed by atoms with Crippen molar-refractivity contribution in [2.45, 2.75) is 110 Å². The molecule has 1 unspecified atom stereocenters. The molecule has 2 fully saturated rings. The Kier molecular flexibility index (Phi) is 12.4. The van der Waals surface area contributed by atoms with Crippen molar-refractivity contribution in [3.8, 4) is 11.6 Å². The molecule has 3 aromatic rings. The highest BCUT2D eigenvalue weighted by molar-refractivity contribution is 5.89. The van der Waals surface area contributed by atoms with Gasteiger partial charge >= 0.3 is 18.0 Å². The molecule has 3 heterocycles. The van der Waals surface area contributed by atoms with E-state index in [9.17, 15) is 14.4 Å². The lowest BCUT2D eigenvalue weighted by atomic mass is 9.86. The number of hydrogen-bond donors (Lipinski definition) is 2. The van der Waals surface area contributed by atoms with Gasteiger partial charge in [0, 0.05) is 25.4 Å². The van der Waals surface area contributed by atoms with Crippen LogP contribution in [0.15, 0.2) is 54.9 Å². The minimum atomic E-state index is -0.836. The summed E-state index contributed by atoms with van der Waals surface area (Å²) < 4.78 is 29.1. The standard InChI is InChI=1S/C40H52N4O8/c1-39(2,3)34(37(46)52-40(4,5)6)44-38(47)51-32-20-26(32)16-12-9-13-17-28-33(49-24-25-14-10-8-11-15-25)29-23-41-19-18-30(29)43-35(28)50-27-21-31(42-22-27)36(45)48-7/h8,10-11,13-15,17-19,23,26-27,31-32,34,42H,9,12,16,20-22,24H2,1-7H3,(H,44,47)/b17-13+/t26-,27-,31+,32?,34-/m1/s1. The molecule has 52 heavy (non-hydrogen) atoms. The van der Waals surface area contributed by atoms with Gasteiger partial charge in [-0.1, -0.05) is 57.2 Å². The number of aromatic nitrogens is 2. The Balaban J connectivity index is 1.23. The summed E-state index contributed by atoms with van der Waals surface area (Å²) in [4.78, 5) is 47.0. The summed E-state index contributed by atoms with van der Waals surface area (Å²) in [5.41, 5.74) is 1.18. The Morgan fingerprint density at radius 3 is 2.54 bits per heavy atom. The molecule has 1 saturated heterocycles. The molecule has 2 aliphatic rings. The van der Waals surface area contributed by atoms with E-state index < -0.39 is 35.2 Å². The smallest absolute Gasteiger partial charge is 0.408 e. The van der Waals surface area contributed by atoms with Crippen molar-refractivity contribution in [1.29, 1.82) is 0 Å². The van der Waals surface area contributed by atoms with Crippen LogP contribution in [0.5, 0.6) is 11.6 Å². The lowest BCUT2D eigenvalue weighted by molar-refractivity contribution is -0.160. The molecule has 1 aliphatic heterocycles. The molecule has 0 spiro atoms. The van der Waals surface area contributed by atoms with Crippen molar-refractivity contribution in [3.05, 3.63) is 66.0 Å². The first-order valence-electron chi connectivity index (χ1n) is 18.0. The number of fused-ring (bicyclic) bond motifs is 1. The van der Waals surface area contributed by atoms with Gasteiger partial charge in [0.1, 0.15) is 42.2 Å². The first-order valence-corrected chi connectivity index (χ1v) is 18.0. The molecule has 1 aliphatic carbocycles. The first kappa shape index (κ1) is 38.5. The Morgan fingerprint density at radius 1 is 1.06 bits per heavy atom. The van der Waals surface area contributed by atoms with Crippen LogP contribution in [-0.4, -0.2) is 71.5 Å². The number of pyridine rings is 2. The van der Waals surface area contributed by atoms with Crippen LogP contribution in [0.25, 0.3) is 17.0 Å². The molecule has 1 aromatic carbocycles. The van der Waals surface area contributed by atoms with Gasteiger partial charge in [-0.25, -0.2) is 14.6 Å². The van der Waals surface area contributed by atoms with Crippen LogP contribution in [0.3, 0.4) is 0 Å². The first-order chi connectivity index (χ1) is 24.7. The van der Waals surface area contributed by atoms with Gasteiger partial charge in [-0.05, 0) is 75.5 Å². The molecule has 280 valence electrons. The SMILES string of the molecule is COC(=O)[C@@H]1C[C@@H](Oc2nc3ccncc3c(OCc3ccccc3)c2/C=C/CCC[C@@H]2CC2OC(=O)N[C@H](C(=O)OC(C)(C)C)C(C)(C)C)CN1. The third kappa shape index (κ3) is 10.7. The maximum atomic E-state index is 12.8. The van der Waals surface area contributed by atoms with Gasteiger partial charge < -0.3 is 34.3 Å². The number of hydrogen-bond acceptors (Lipinski definition) is 11. The molecule has 1 amide bonds. The Bertz CT molecular complexity index is 1730. The van der Waals surface area contributed by atoms with Crippen molar-refractivity contribution in [2.24, 2.45) is 11.3 Å². The average molecular weight is 717 g/mol. The monoisotopic (exact) mass is 716 g/mol. The van der Waals surface area contributed by atoms with Crippen LogP contribution in [0.4, 0.5) is 4.79 Å². The zero-order chi connectivity index (χ0) is 37.5. The lowest BCUT2D eigenvalue weighted by Gasteiger charge is -2.32. The van der Waals surface area contributed by atoms with Crippen LogP contribution >= 0.6 is 0 Å². The Morgan fingerprint density at radius 2 is 1.83 bits per heavy atom. The molecule has 2 N–H and O–H groups in total. The van der Waals surface area contributed by atoms with E-state index in [-0.39, 0.29) is 24.1 Å². The number of carbonyl (C=O) groups excluding carboxylic acids is 3. The number of nitrogens with zero attached hydrogens (tertiary/aromatic N) is 2. The van der Waals surface area contributed by atoms with Gasteiger partial charge in [0.25, 0.3) is 0 Å². The van der Waals surface area contributed by atoms with E-state index in [1.165, 1.54) is 7.11 Å². The Labute approximate surface area is 306 Å². The highest BCUT2D eigenvalue weighted by Gasteiger charge is 2.42. The van der Waals surface area contributed by atoms with E-state index in [2.05, 4.69) is 21.7 Å². The zero-order valence-electron chi connectivity index (χ0n) is 31.3. The number of unbranched alkanes of at least 4 members (excludes halogenated alkanes) is 1. The highest BCUT2D eigenvalue weighted by atomic mass is 16.6. The molecule has 12 heteroatoms. The van der Waals surface area contributed by atoms with Crippen LogP contribution < -0.4 is 20.1 Å². The molecule has 5 atom stereocenters. The summed E-state index contributed by atoms with van der Waals surface area (Å²) in [5.74, 6) is 0.474. The molecular formula is C40H52N4O8. The highest BCUT2D eigenvalue weighted by Crippen LogP contribution is 2.39. The van der Waals surface area contributed by atoms with Crippen molar-refractivity contribution < 1.29 is 38.1 Å². The van der Waals surface area contributed by atoms with Crippen LogP contribution in [0.2, 0.25) is 0 Å². The van der Waals surface area contributed by atoms with E-state index >= 15 is 0 Å². The normalized spacial score (nSPS) is 20.7. The van der Waals surface area contributed by atoms with Gasteiger partial charge in [-0.3, -0.25) is 9.78 Å². The van der Waals surface area contributed by atoms with E-state index in [0.717, 1.165) is 36.6 Å². The fraction of sp³-hybridized carbons (Fsp3) is 0.525. The number of carbonyl (C=O) groups is 3. The maximum absolute atomic E-state index is 12.8. The van der Waals surface area contributed by atoms with E-state index in [4.69, 9.17) is 28.7 Å². The minimum absolute atomic E-state index is 0.188. The van der Waals surface area contributed by atoms with Gasteiger partial charge in [0.05, 0.1) is 23.6 Å². The predicted molar refractivity (Wildman–Crippen MR) is 197 cm³/mol. The predicted octanol–water partition coefficient (Wildman–Crippen LogP) is 6.55. The topological polar surface area (TPSA) is 147 Å². The van der Waals surface area contributed by atoms with Gasteiger partial charge in [0.2, 0.25) is 5.88 Å². The van der Waals surface area contributed by atoms with Crippen molar-refractivity contribution in [3.63, 3.8) is 0 Å². The molecule has 5 rings (SSSR count). The average Bonchev–Trinajstić information content (AvgIpc) is 3.65. The third-order valence-electron chi connectivity index (χ3n) is 8.94. The minimum Gasteiger partial charge on any atom is -0.487 e. The number of esters is 2. The molecule has 0 radical (unpaired) electrons. The molecular weight excluding hydrogens is 664 g/mol. The molecule has 12 nitrogen and oxygen atoms in total. The van der Waals surface area contributed by atoms with Crippen molar-refractivity contribution in [2.75, 3.05) is 13.7 Å². The van der Waals surface area contributed by atoms with Crippen LogP contribution in [-0.2, 0) is 30.4 Å². The lowest BCUT2D eigenvalue weighted by Crippen LogP contribution is -2.51. The molecule has 0 bridgehead atoms. The number of rotatable bonds is 14.